The van der Waals surface area contributed by atoms with Crippen molar-refractivity contribution in [3.63, 3.8) is 0 Å². The first-order valence-corrected chi connectivity index (χ1v) is 9.41. The summed E-state index contributed by atoms with van der Waals surface area (Å²) in [6.07, 6.45) is -10.3. The zero-order chi connectivity index (χ0) is 22.6. The Kier molecular flexibility index (Phi) is 4.92. The van der Waals surface area contributed by atoms with Gasteiger partial charge in [-0.05, 0) is 36.4 Å². The van der Waals surface area contributed by atoms with Gasteiger partial charge in [-0.25, -0.2) is 4.79 Å². The summed E-state index contributed by atoms with van der Waals surface area (Å²) >= 11 is 0. The number of aromatic nitrogens is 2. The second-order valence-corrected chi connectivity index (χ2v) is 7.88. The first-order chi connectivity index (χ1) is 13.6. The Labute approximate surface area is 165 Å². The van der Waals surface area contributed by atoms with Crippen LogP contribution in [0.5, 0.6) is 5.75 Å². The fourth-order valence-corrected chi connectivity index (χ4v) is 3.73. The molecule has 162 valence electrons. The van der Waals surface area contributed by atoms with Gasteiger partial charge in [-0.2, -0.15) is 34.8 Å². The summed E-state index contributed by atoms with van der Waals surface area (Å²) in [4.78, 5) is 11.4. The SMILES string of the molecule is Cn1c(=O)n(C)c2cc(S(=O)(=O)Oc3cc(C(F)(F)F)cc(C(F)(F)F)c3)ccc21. The molecule has 0 saturated heterocycles. The third-order valence-electron chi connectivity index (χ3n) is 4.30. The fraction of sp³-hybridized carbons (Fsp3) is 0.235. The molecule has 3 rings (SSSR count). The molecule has 0 saturated carbocycles. The molecule has 0 fully saturated rings. The molecule has 3 aromatic rings. The van der Waals surface area contributed by atoms with Crippen LogP contribution >= 0.6 is 0 Å². The van der Waals surface area contributed by atoms with Crippen LogP contribution in [-0.4, -0.2) is 17.6 Å². The van der Waals surface area contributed by atoms with Gasteiger partial charge < -0.3 is 4.18 Å². The van der Waals surface area contributed by atoms with Crippen molar-refractivity contribution in [2.24, 2.45) is 14.1 Å². The molecule has 30 heavy (non-hydrogen) atoms. The second-order valence-electron chi connectivity index (χ2n) is 6.33. The number of nitrogens with zero attached hydrogens (tertiary/aromatic N) is 2. The summed E-state index contributed by atoms with van der Waals surface area (Å²) < 4.78 is 110. The van der Waals surface area contributed by atoms with Gasteiger partial charge in [-0.15, -0.1) is 0 Å². The van der Waals surface area contributed by atoms with Crippen molar-refractivity contribution < 1.29 is 38.9 Å². The van der Waals surface area contributed by atoms with Crippen LogP contribution in [0.25, 0.3) is 11.0 Å². The van der Waals surface area contributed by atoms with Crippen molar-refractivity contribution in [2.75, 3.05) is 0 Å². The maximum atomic E-state index is 12.9. The van der Waals surface area contributed by atoms with E-state index in [0.29, 0.717) is 5.52 Å². The van der Waals surface area contributed by atoms with E-state index in [4.69, 9.17) is 0 Å². The Bertz CT molecular complexity index is 1270. The lowest BCUT2D eigenvalue weighted by atomic mass is 10.1. The predicted octanol–water partition coefficient (Wildman–Crippen LogP) is 3.68. The third kappa shape index (κ3) is 3.88. The number of benzene rings is 2. The van der Waals surface area contributed by atoms with Crippen LogP contribution in [0.3, 0.4) is 0 Å². The number of aryl methyl sites for hydroxylation is 2. The number of hydrogen-bond donors (Lipinski definition) is 0. The van der Waals surface area contributed by atoms with Crippen LogP contribution < -0.4 is 9.87 Å². The molecule has 13 heteroatoms. The average molecular weight is 454 g/mol. The van der Waals surface area contributed by atoms with E-state index in [0.717, 1.165) is 16.7 Å². The van der Waals surface area contributed by atoms with E-state index in [1.807, 2.05) is 0 Å². The van der Waals surface area contributed by atoms with Gasteiger partial charge in [-0.1, -0.05) is 0 Å². The highest BCUT2D eigenvalue weighted by molar-refractivity contribution is 7.87. The van der Waals surface area contributed by atoms with Crippen molar-refractivity contribution in [1.82, 2.24) is 9.13 Å². The molecule has 0 N–H and O–H groups in total. The zero-order valence-corrected chi connectivity index (χ0v) is 16.0. The number of halogens is 6. The maximum absolute atomic E-state index is 12.9. The summed E-state index contributed by atoms with van der Waals surface area (Å²) in [6.45, 7) is 0. The first-order valence-electron chi connectivity index (χ1n) is 8.01. The van der Waals surface area contributed by atoms with Gasteiger partial charge >= 0.3 is 28.2 Å². The van der Waals surface area contributed by atoms with Gasteiger partial charge in [0.25, 0.3) is 0 Å². The van der Waals surface area contributed by atoms with E-state index in [1.54, 1.807) is 0 Å². The maximum Gasteiger partial charge on any atom is 0.416 e. The van der Waals surface area contributed by atoms with Crippen LogP contribution in [0.1, 0.15) is 11.1 Å². The topological polar surface area (TPSA) is 70.3 Å². The summed E-state index contributed by atoms with van der Waals surface area (Å²) in [5.74, 6) is -1.15. The van der Waals surface area contributed by atoms with Crippen LogP contribution in [0.4, 0.5) is 26.3 Å². The molecule has 0 radical (unpaired) electrons. The van der Waals surface area contributed by atoms with Crippen molar-refractivity contribution >= 4 is 21.2 Å². The highest BCUT2D eigenvalue weighted by Crippen LogP contribution is 2.38. The van der Waals surface area contributed by atoms with Gasteiger partial charge in [0.1, 0.15) is 10.6 Å². The average Bonchev–Trinajstić information content (AvgIpc) is 2.84. The molecule has 6 nitrogen and oxygen atoms in total. The quantitative estimate of drug-likeness (QED) is 0.447. The van der Waals surface area contributed by atoms with Gasteiger partial charge in [-0.3, -0.25) is 9.13 Å². The first kappa shape index (κ1) is 21.7. The molecule has 0 amide bonds. The molecule has 1 aromatic heterocycles. The van der Waals surface area contributed by atoms with E-state index >= 15 is 0 Å². The number of fused-ring (bicyclic) bond motifs is 1. The number of alkyl halides is 6. The monoisotopic (exact) mass is 454 g/mol. The van der Waals surface area contributed by atoms with Crippen LogP contribution in [0, 0.1) is 0 Å². The Hall–Kier alpha value is -2.96. The molecule has 0 unspecified atom stereocenters. The molecule has 0 spiro atoms. The lowest BCUT2D eigenvalue weighted by Gasteiger charge is -2.14. The Morgan fingerprint density at radius 1 is 0.800 bits per heavy atom. The highest BCUT2D eigenvalue weighted by Gasteiger charge is 2.37. The van der Waals surface area contributed by atoms with Crippen LogP contribution in [0.2, 0.25) is 0 Å². The number of imidazole rings is 1. The van der Waals surface area contributed by atoms with Crippen LogP contribution in [-0.2, 0) is 36.6 Å². The summed E-state index contributed by atoms with van der Waals surface area (Å²) in [6, 6.07) is 3.48. The Morgan fingerprint density at radius 2 is 1.30 bits per heavy atom. The minimum absolute atomic E-state index is 0.148. The van der Waals surface area contributed by atoms with Gasteiger partial charge in [0.15, 0.2) is 0 Å². The molecule has 1 heterocycles. The predicted molar refractivity (Wildman–Crippen MR) is 92.4 cm³/mol. The molecule has 2 aromatic carbocycles. The van der Waals surface area contributed by atoms with Crippen molar-refractivity contribution in [2.45, 2.75) is 17.2 Å². The van der Waals surface area contributed by atoms with Crippen molar-refractivity contribution in [3.8, 4) is 5.75 Å². The van der Waals surface area contributed by atoms with Crippen molar-refractivity contribution in [3.05, 3.63) is 58.0 Å². The van der Waals surface area contributed by atoms with Crippen molar-refractivity contribution in [1.29, 1.82) is 0 Å². The smallest absolute Gasteiger partial charge is 0.379 e. The van der Waals surface area contributed by atoms with Gasteiger partial charge in [0.2, 0.25) is 0 Å². The molecular weight excluding hydrogens is 442 g/mol. The van der Waals surface area contributed by atoms with E-state index in [-0.39, 0.29) is 23.7 Å². The lowest BCUT2D eigenvalue weighted by molar-refractivity contribution is -0.143. The second kappa shape index (κ2) is 6.79. The van der Waals surface area contributed by atoms with Gasteiger partial charge in [0, 0.05) is 14.1 Å². The minimum atomic E-state index is -5.16. The molecular formula is C17H12F6N2O4S. The molecule has 0 aliphatic rings. The standard InChI is InChI=1S/C17H12F6N2O4S/c1-24-13-4-3-12(8-14(13)25(2)15(24)26)30(27,28)29-11-6-9(16(18,19)20)5-10(7-11)17(21,22)23/h3-8H,1-2H3. The van der Waals surface area contributed by atoms with E-state index in [1.165, 1.54) is 24.7 Å². The minimum Gasteiger partial charge on any atom is -0.379 e. The number of rotatable bonds is 3. The molecule has 0 aliphatic heterocycles. The summed E-state index contributed by atoms with van der Waals surface area (Å²) in [7, 11) is -2.00. The third-order valence-corrected chi connectivity index (χ3v) is 5.54. The Balaban J connectivity index is 2.10. The van der Waals surface area contributed by atoms with E-state index in [2.05, 4.69) is 4.18 Å². The molecule has 0 bridgehead atoms. The largest absolute Gasteiger partial charge is 0.416 e. The normalized spacial score (nSPS) is 13.1. The molecule has 0 aliphatic carbocycles. The lowest BCUT2D eigenvalue weighted by Crippen LogP contribution is -2.19. The molecule has 0 atom stereocenters. The van der Waals surface area contributed by atoms with Crippen LogP contribution in [0.15, 0.2) is 46.1 Å². The number of hydrogen-bond acceptors (Lipinski definition) is 4. The van der Waals surface area contributed by atoms with E-state index in [9.17, 15) is 39.6 Å². The van der Waals surface area contributed by atoms with Gasteiger partial charge in [0.05, 0.1) is 22.2 Å². The zero-order valence-electron chi connectivity index (χ0n) is 15.2. The highest BCUT2D eigenvalue weighted by atomic mass is 32.2. The summed E-state index contributed by atoms with van der Waals surface area (Å²) in [5, 5.41) is 0. The Morgan fingerprint density at radius 3 is 1.80 bits per heavy atom. The fourth-order valence-electron chi connectivity index (χ4n) is 2.79. The van der Waals surface area contributed by atoms with E-state index < -0.39 is 49.9 Å². The summed E-state index contributed by atoms with van der Waals surface area (Å²) in [5.41, 5.74) is -3.37.